The Morgan fingerprint density at radius 3 is 2.57 bits per heavy atom. The lowest BCUT2D eigenvalue weighted by Crippen LogP contribution is -2.32. The van der Waals surface area contributed by atoms with Gasteiger partial charge in [-0.2, -0.15) is 9.61 Å². The maximum atomic E-state index is 6.09. The Hall–Kier alpha value is -1.01. The summed E-state index contributed by atoms with van der Waals surface area (Å²) in [6.45, 7) is 0.704. The van der Waals surface area contributed by atoms with Crippen LogP contribution < -0.4 is 5.73 Å². The van der Waals surface area contributed by atoms with Gasteiger partial charge in [-0.1, -0.05) is 43.4 Å². The Balaban J connectivity index is 1.71. The first-order chi connectivity index (χ1) is 10.3. The number of aromatic nitrogens is 4. The zero-order valence-corrected chi connectivity index (χ0v) is 13.2. The second-order valence-electron chi connectivity index (χ2n) is 6.69. The standard InChI is InChI=1S/C15H23N5S/c16-10-15(8-4-5-9-15)13-19-20-12(17-18-14(20)21-13)11-6-2-1-3-7-11/h11H,1-10,16H2. The summed E-state index contributed by atoms with van der Waals surface area (Å²) >= 11 is 1.70. The van der Waals surface area contributed by atoms with Crippen molar-refractivity contribution in [2.24, 2.45) is 5.73 Å². The average Bonchev–Trinajstić information content (AvgIpc) is 3.23. The smallest absolute Gasteiger partial charge is 0.234 e. The Morgan fingerprint density at radius 2 is 1.86 bits per heavy atom. The van der Waals surface area contributed by atoms with Crippen molar-refractivity contribution in [2.45, 2.75) is 69.1 Å². The summed E-state index contributed by atoms with van der Waals surface area (Å²) in [4.78, 5) is 0.949. The first-order valence-corrected chi connectivity index (χ1v) is 9.07. The molecule has 0 spiro atoms. The summed E-state index contributed by atoms with van der Waals surface area (Å²) < 4.78 is 2.02. The molecule has 2 aromatic heterocycles. The quantitative estimate of drug-likeness (QED) is 0.946. The largest absolute Gasteiger partial charge is 0.329 e. The lowest BCUT2D eigenvalue weighted by atomic mass is 9.87. The molecule has 2 fully saturated rings. The number of nitrogens with two attached hydrogens (primary N) is 1. The topological polar surface area (TPSA) is 69.1 Å². The highest BCUT2D eigenvalue weighted by atomic mass is 32.1. The van der Waals surface area contributed by atoms with Crippen molar-refractivity contribution in [3.05, 3.63) is 10.8 Å². The van der Waals surface area contributed by atoms with E-state index in [4.69, 9.17) is 10.8 Å². The molecule has 0 aliphatic heterocycles. The molecule has 114 valence electrons. The van der Waals surface area contributed by atoms with E-state index in [-0.39, 0.29) is 5.41 Å². The van der Waals surface area contributed by atoms with Crippen LogP contribution in [0.3, 0.4) is 0 Å². The van der Waals surface area contributed by atoms with E-state index >= 15 is 0 Å². The number of rotatable bonds is 3. The Bertz CT molecular complexity index is 619. The predicted molar refractivity (Wildman–Crippen MR) is 83.7 cm³/mol. The predicted octanol–water partition coefficient (Wildman–Crippen LogP) is 3.00. The van der Waals surface area contributed by atoms with E-state index in [9.17, 15) is 0 Å². The van der Waals surface area contributed by atoms with Crippen LogP contribution >= 0.6 is 11.3 Å². The Morgan fingerprint density at radius 1 is 1.10 bits per heavy atom. The van der Waals surface area contributed by atoms with E-state index in [1.165, 1.54) is 62.8 Å². The van der Waals surface area contributed by atoms with Crippen molar-refractivity contribution in [1.29, 1.82) is 0 Å². The molecule has 2 aliphatic rings. The highest BCUT2D eigenvalue weighted by Crippen LogP contribution is 2.42. The summed E-state index contributed by atoms with van der Waals surface area (Å²) in [7, 11) is 0. The SMILES string of the molecule is NCC1(c2nn3c(C4CCCCC4)nnc3s2)CCCC1. The van der Waals surface area contributed by atoms with Crippen LogP contribution in [0.4, 0.5) is 0 Å². The van der Waals surface area contributed by atoms with Gasteiger partial charge in [0.25, 0.3) is 0 Å². The summed E-state index contributed by atoms with van der Waals surface area (Å²) in [5, 5.41) is 14.9. The molecular formula is C15H23N5S. The Kier molecular flexibility index (Phi) is 3.46. The molecule has 6 heteroatoms. The minimum absolute atomic E-state index is 0.106. The number of hydrogen-bond acceptors (Lipinski definition) is 5. The number of hydrogen-bond donors (Lipinski definition) is 1. The van der Waals surface area contributed by atoms with Crippen molar-refractivity contribution >= 4 is 16.3 Å². The van der Waals surface area contributed by atoms with Gasteiger partial charge in [0.1, 0.15) is 5.01 Å². The van der Waals surface area contributed by atoms with E-state index in [1.54, 1.807) is 11.3 Å². The van der Waals surface area contributed by atoms with E-state index in [2.05, 4.69) is 10.2 Å². The van der Waals surface area contributed by atoms with Gasteiger partial charge in [-0.05, 0) is 25.7 Å². The van der Waals surface area contributed by atoms with Gasteiger partial charge in [0.2, 0.25) is 4.96 Å². The van der Waals surface area contributed by atoms with Crippen LogP contribution in [0.25, 0.3) is 4.96 Å². The highest BCUT2D eigenvalue weighted by molar-refractivity contribution is 7.16. The molecule has 2 aliphatic carbocycles. The molecule has 0 bridgehead atoms. The molecular weight excluding hydrogens is 282 g/mol. The van der Waals surface area contributed by atoms with Crippen LogP contribution in [0.1, 0.15) is 74.5 Å². The molecule has 2 N–H and O–H groups in total. The average molecular weight is 305 g/mol. The van der Waals surface area contributed by atoms with Crippen LogP contribution in [0.15, 0.2) is 0 Å². The summed E-state index contributed by atoms with van der Waals surface area (Å²) in [5.74, 6) is 1.62. The van der Waals surface area contributed by atoms with Crippen molar-refractivity contribution in [3.63, 3.8) is 0 Å². The van der Waals surface area contributed by atoms with E-state index < -0.39 is 0 Å². The lowest BCUT2D eigenvalue weighted by Gasteiger charge is -2.23. The first-order valence-electron chi connectivity index (χ1n) is 8.25. The van der Waals surface area contributed by atoms with E-state index in [0.717, 1.165) is 10.8 Å². The molecule has 21 heavy (non-hydrogen) atoms. The number of nitrogens with zero attached hydrogens (tertiary/aromatic N) is 4. The molecule has 0 unspecified atom stereocenters. The van der Waals surface area contributed by atoms with Gasteiger partial charge in [-0.3, -0.25) is 0 Å². The van der Waals surface area contributed by atoms with Gasteiger partial charge in [-0.25, -0.2) is 0 Å². The van der Waals surface area contributed by atoms with Crippen molar-refractivity contribution < 1.29 is 0 Å². The lowest BCUT2D eigenvalue weighted by molar-refractivity contribution is 0.417. The fraction of sp³-hybridized carbons (Fsp3) is 0.800. The molecule has 0 atom stereocenters. The van der Waals surface area contributed by atoms with Gasteiger partial charge in [0.15, 0.2) is 5.82 Å². The molecule has 0 saturated heterocycles. The van der Waals surface area contributed by atoms with Gasteiger partial charge in [0, 0.05) is 17.9 Å². The van der Waals surface area contributed by atoms with Crippen molar-refractivity contribution in [2.75, 3.05) is 6.54 Å². The third-order valence-electron chi connectivity index (χ3n) is 5.39. The van der Waals surface area contributed by atoms with Crippen LogP contribution in [0, 0.1) is 0 Å². The van der Waals surface area contributed by atoms with Crippen molar-refractivity contribution in [1.82, 2.24) is 19.8 Å². The van der Waals surface area contributed by atoms with E-state index in [1.807, 2.05) is 4.52 Å². The minimum atomic E-state index is 0.106. The zero-order chi connectivity index (χ0) is 14.3. The molecule has 5 nitrogen and oxygen atoms in total. The van der Waals surface area contributed by atoms with Gasteiger partial charge in [0.05, 0.1) is 0 Å². The number of fused-ring (bicyclic) bond motifs is 1. The molecule has 2 aromatic rings. The normalized spacial score (nSPS) is 23.1. The fourth-order valence-corrected chi connectivity index (χ4v) is 5.12. The summed E-state index contributed by atoms with van der Waals surface area (Å²) in [6, 6.07) is 0. The molecule has 0 aromatic carbocycles. The summed E-state index contributed by atoms with van der Waals surface area (Å²) in [6.07, 6.45) is 11.3. The molecule has 2 saturated carbocycles. The van der Waals surface area contributed by atoms with Crippen molar-refractivity contribution in [3.8, 4) is 0 Å². The monoisotopic (exact) mass is 305 g/mol. The first kappa shape index (κ1) is 13.6. The Labute approximate surface area is 128 Å². The van der Waals surface area contributed by atoms with Crippen LogP contribution in [0.2, 0.25) is 0 Å². The summed E-state index contributed by atoms with van der Waals surface area (Å²) in [5.41, 5.74) is 6.20. The minimum Gasteiger partial charge on any atom is -0.329 e. The fourth-order valence-electron chi connectivity index (χ4n) is 4.02. The molecule has 4 rings (SSSR count). The molecule has 0 radical (unpaired) electrons. The molecule has 0 amide bonds. The second-order valence-corrected chi connectivity index (χ2v) is 7.64. The maximum Gasteiger partial charge on any atom is 0.234 e. The van der Waals surface area contributed by atoms with Crippen LogP contribution in [-0.2, 0) is 5.41 Å². The third-order valence-corrected chi connectivity index (χ3v) is 6.54. The third kappa shape index (κ3) is 2.19. The second kappa shape index (κ2) is 5.32. The van der Waals surface area contributed by atoms with E-state index in [0.29, 0.717) is 12.5 Å². The van der Waals surface area contributed by atoms with Gasteiger partial charge in [-0.15, -0.1) is 10.2 Å². The molecule has 2 heterocycles. The highest BCUT2D eigenvalue weighted by Gasteiger charge is 2.38. The van der Waals surface area contributed by atoms with Crippen LogP contribution in [0.5, 0.6) is 0 Å². The van der Waals surface area contributed by atoms with Gasteiger partial charge >= 0.3 is 0 Å². The zero-order valence-electron chi connectivity index (χ0n) is 12.4. The maximum absolute atomic E-state index is 6.09. The van der Waals surface area contributed by atoms with Gasteiger partial charge < -0.3 is 5.73 Å². The van der Waals surface area contributed by atoms with Crippen LogP contribution in [-0.4, -0.2) is 26.4 Å².